The minimum atomic E-state index is -0.330. The summed E-state index contributed by atoms with van der Waals surface area (Å²) in [4.78, 5) is 15.7. The predicted octanol–water partition coefficient (Wildman–Crippen LogP) is 2.99. The number of amides is 2. The number of nitrogens with one attached hydrogen (secondary N) is 2. The van der Waals surface area contributed by atoms with Crippen molar-refractivity contribution in [3.63, 3.8) is 0 Å². The number of aryl methyl sites for hydroxylation is 2. The molecule has 0 fully saturated rings. The fourth-order valence-corrected chi connectivity index (χ4v) is 1.87. The van der Waals surface area contributed by atoms with Gasteiger partial charge in [-0.2, -0.15) is 0 Å². The van der Waals surface area contributed by atoms with Crippen LogP contribution in [0.25, 0.3) is 0 Å². The molecule has 1 aromatic heterocycles. The quantitative estimate of drug-likeness (QED) is 0.716. The number of benzene rings is 1. The third-order valence-corrected chi connectivity index (χ3v) is 3.32. The van der Waals surface area contributed by atoms with Crippen molar-refractivity contribution in [2.24, 2.45) is 0 Å². The van der Waals surface area contributed by atoms with Gasteiger partial charge in [0.25, 0.3) is 0 Å². The average molecular weight is 315 g/mol. The van der Waals surface area contributed by atoms with Crippen LogP contribution in [0.15, 0.2) is 36.5 Å². The summed E-state index contributed by atoms with van der Waals surface area (Å²) < 4.78 is 5.69. The number of anilines is 1. The van der Waals surface area contributed by atoms with Crippen LogP contribution >= 0.6 is 0 Å². The van der Waals surface area contributed by atoms with E-state index in [0.29, 0.717) is 24.5 Å². The second-order valence-electron chi connectivity index (χ2n) is 5.19. The van der Waals surface area contributed by atoms with Gasteiger partial charge in [0, 0.05) is 19.2 Å². The molecule has 0 spiro atoms. The third-order valence-electron chi connectivity index (χ3n) is 3.32. The highest BCUT2D eigenvalue weighted by Gasteiger charge is 2.04. The van der Waals surface area contributed by atoms with Crippen LogP contribution in [0.3, 0.4) is 0 Å². The van der Waals surface area contributed by atoms with Crippen molar-refractivity contribution in [2.45, 2.75) is 20.3 Å². The summed E-state index contributed by atoms with van der Waals surface area (Å²) in [6.07, 6.45) is 2.05. The van der Waals surface area contributed by atoms with E-state index in [2.05, 4.69) is 15.6 Å². The summed E-state index contributed by atoms with van der Waals surface area (Å²) in [7, 11) is 0. The fraction of sp³-hybridized carbons (Fsp3) is 0.294. The van der Waals surface area contributed by atoms with Crippen molar-refractivity contribution in [1.29, 1.82) is 0 Å². The van der Waals surface area contributed by atoms with E-state index >= 15 is 0 Å². The van der Waals surface area contributed by atoms with Crippen LogP contribution in [0.4, 0.5) is 10.5 Å². The van der Waals surface area contributed by atoms with Crippen molar-refractivity contribution in [3.8, 4) is 11.6 Å². The van der Waals surface area contributed by atoms with Gasteiger partial charge in [0.1, 0.15) is 5.75 Å². The molecule has 0 bridgehead atoms. The number of aliphatic hydroxyl groups is 1. The molecular formula is C17H21N3O3. The second kappa shape index (κ2) is 8.14. The first-order valence-electron chi connectivity index (χ1n) is 7.45. The zero-order valence-corrected chi connectivity index (χ0v) is 13.3. The third kappa shape index (κ3) is 5.27. The molecule has 6 nitrogen and oxygen atoms in total. The molecule has 0 unspecified atom stereocenters. The lowest BCUT2D eigenvalue weighted by molar-refractivity contribution is 0.249. The Hall–Kier alpha value is -2.60. The van der Waals surface area contributed by atoms with Crippen molar-refractivity contribution in [2.75, 3.05) is 18.5 Å². The van der Waals surface area contributed by atoms with Crippen molar-refractivity contribution in [1.82, 2.24) is 10.3 Å². The molecule has 0 radical (unpaired) electrons. The molecule has 0 saturated heterocycles. The van der Waals surface area contributed by atoms with E-state index in [-0.39, 0.29) is 12.6 Å². The van der Waals surface area contributed by atoms with Gasteiger partial charge in [-0.1, -0.05) is 6.07 Å². The van der Waals surface area contributed by atoms with Crippen LogP contribution in [0.1, 0.15) is 17.5 Å². The number of carbonyl (C=O) groups is 1. The highest BCUT2D eigenvalue weighted by Crippen LogP contribution is 2.22. The SMILES string of the molecule is Cc1ccc(Oc2ccc(NC(=O)NCCCO)cn2)cc1C. The molecule has 0 aliphatic heterocycles. The Kier molecular flexibility index (Phi) is 5.94. The maximum atomic E-state index is 11.6. The maximum absolute atomic E-state index is 11.6. The standard InChI is InChI=1S/C17H21N3O3/c1-12-4-6-15(10-13(12)2)23-16-7-5-14(11-19-16)20-17(22)18-8-3-9-21/h4-7,10-11,21H,3,8-9H2,1-2H3,(H2,18,20,22). The molecule has 23 heavy (non-hydrogen) atoms. The number of rotatable bonds is 6. The fourth-order valence-electron chi connectivity index (χ4n) is 1.87. The van der Waals surface area contributed by atoms with E-state index in [4.69, 9.17) is 9.84 Å². The summed E-state index contributed by atoms with van der Waals surface area (Å²) in [6, 6.07) is 8.93. The van der Waals surface area contributed by atoms with Gasteiger partial charge in [0.05, 0.1) is 11.9 Å². The lowest BCUT2D eigenvalue weighted by Gasteiger charge is -2.09. The Bertz CT molecular complexity index is 657. The Labute approximate surface area is 135 Å². The smallest absolute Gasteiger partial charge is 0.319 e. The number of nitrogens with zero attached hydrogens (tertiary/aromatic N) is 1. The number of carbonyl (C=O) groups excluding carboxylic acids is 1. The van der Waals surface area contributed by atoms with E-state index < -0.39 is 0 Å². The van der Waals surface area contributed by atoms with Crippen molar-refractivity contribution >= 4 is 11.7 Å². The molecule has 0 saturated carbocycles. The van der Waals surface area contributed by atoms with E-state index in [0.717, 1.165) is 11.3 Å². The van der Waals surface area contributed by atoms with Crippen molar-refractivity contribution in [3.05, 3.63) is 47.7 Å². The zero-order chi connectivity index (χ0) is 16.7. The summed E-state index contributed by atoms with van der Waals surface area (Å²) in [5.74, 6) is 1.18. The number of aliphatic hydroxyl groups excluding tert-OH is 1. The minimum Gasteiger partial charge on any atom is -0.439 e. The Morgan fingerprint density at radius 3 is 2.70 bits per heavy atom. The molecule has 1 heterocycles. The van der Waals surface area contributed by atoms with E-state index in [1.54, 1.807) is 12.1 Å². The largest absolute Gasteiger partial charge is 0.439 e. The number of pyridine rings is 1. The Balaban J connectivity index is 1.91. The molecule has 2 amide bonds. The van der Waals surface area contributed by atoms with Gasteiger partial charge in [0.15, 0.2) is 0 Å². The number of hydrogen-bond donors (Lipinski definition) is 3. The highest BCUT2D eigenvalue weighted by atomic mass is 16.5. The second-order valence-corrected chi connectivity index (χ2v) is 5.19. The number of aromatic nitrogens is 1. The first-order chi connectivity index (χ1) is 11.1. The zero-order valence-electron chi connectivity index (χ0n) is 13.3. The van der Waals surface area contributed by atoms with Crippen LogP contribution in [-0.2, 0) is 0 Å². The van der Waals surface area contributed by atoms with Gasteiger partial charge in [-0.3, -0.25) is 0 Å². The van der Waals surface area contributed by atoms with Gasteiger partial charge >= 0.3 is 6.03 Å². The summed E-state index contributed by atoms with van der Waals surface area (Å²) >= 11 is 0. The Morgan fingerprint density at radius 2 is 2.04 bits per heavy atom. The van der Waals surface area contributed by atoms with Crippen LogP contribution in [0.5, 0.6) is 11.6 Å². The van der Waals surface area contributed by atoms with Crippen LogP contribution in [0, 0.1) is 13.8 Å². The molecule has 0 atom stereocenters. The highest BCUT2D eigenvalue weighted by molar-refractivity contribution is 5.88. The number of ether oxygens (including phenoxy) is 1. The molecular weight excluding hydrogens is 294 g/mol. The first kappa shape index (κ1) is 16.8. The molecule has 2 rings (SSSR count). The molecule has 6 heteroatoms. The molecule has 0 aliphatic rings. The van der Waals surface area contributed by atoms with Crippen LogP contribution < -0.4 is 15.4 Å². The molecule has 0 aliphatic carbocycles. The number of urea groups is 1. The summed E-state index contributed by atoms with van der Waals surface area (Å²) in [6.45, 7) is 4.54. The topological polar surface area (TPSA) is 83.5 Å². The first-order valence-corrected chi connectivity index (χ1v) is 7.45. The minimum absolute atomic E-state index is 0.0480. The van der Waals surface area contributed by atoms with Crippen LogP contribution in [0.2, 0.25) is 0 Å². The summed E-state index contributed by atoms with van der Waals surface area (Å²) in [5.41, 5.74) is 2.93. The average Bonchev–Trinajstić information content (AvgIpc) is 2.53. The Morgan fingerprint density at radius 1 is 1.22 bits per heavy atom. The van der Waals surface area contributed by atoms with Gasteiger partial charge < -0.3 is 20.5 Å². The maximum Gasteiger partial charge on any atom is 0.319 e. The molecule has 1 aromatic carbocycles. The molecule has 3 N–H and O–H groups in total. The van der Waals surface area contributed by atoms with Gasteiger partial charge in [-0.15, -0.1) is 0 Å². The van der Waals surface area contributed by atoms with Crippen LogP contribution in [-0.4, -0.2) is 29.3 Å². The lowest BCUT2D eigenvalue weighted by atomic mass is 10.1. The van der Waals surface area contributed by atoms with Gasteiger partial charge in [-0.05, 0) is 49.6 Å². The molecule has 122 valence electrons. The lowest BCUT2D eigenvalue weighted by Crippen LogP contribution is -2.29. The molecule has 2 aromatic rings. The number of hydrogen-bond acceptors (Lipinski definition) is 4. The predicted molar refractivity (Wildman–Crippen MR) is 89.0 cm³/mol. The van der Waals surface area contributed by atoms with E-state index in [1.165, 1.54) is 11.8 Å². The van der Waals surface area contributed by atoms with Crippen molar-refractivity contribution < 1.29 is 14.6 Å². The monoisotopic (exact) mass is 315 g/mol. The van der Waals surface area contributed by atoms with Gasteiger partial charge in [0.2, 0.25) is 5.88 Å². The normalized spacial score (nSPS) is 10.2. The van der Waals surface area contributed by atoms with E-state index in [9.17, 15) is 4.79 Å². The van der Waals surface area contributed by atoms with Gasteiger partial charge in [-0.25, -0.2) is 9.78 Å². The van der Waals surface area contributed by atoms with E-state index in [1.807, 2.05) is 32.0 Å². The summed E-state index contributed by atoms with van der Waals surface area (Å²) in [5, 5.41) is 13.9.